The van der Waals surface area contributed by atoms with Gasteiger partial charge in [-0.15, -0.1) is 11.3 Å². The van der Waals surface area contributed by atoms with E-state index in [1.807, 2.05) is 0 Å². The molecule has 0 saturated heterocycles. The number of Topliss-reactive ketones (excluding diaryl/α,β-unsaturated/α-hetero) is 1. The second kappa shape index (κ2) is 5.45. The summed E-state index contributed by atoms with van der Waals surface area (Å²) in [6.45, 7) is 0. The highest BCUT2D eigenvalue weighted by molar-refractivity contribution is 9.10. The first kappa shape index (κ1) is 15.7. The highest BCUT2D eigenvalue weighted by Gasteiger charge is 2.49. The largest absolute Gasteiger partial charge is 0.375 e. The van der Waals surface area contributed by atoms with Crippen LogP contribution in [0.4, 0.5) is 5.69 Å². The zero-order valence-electron chi connectivity index (χ0n) is 11.5. The smallest absolute Gasteiger partial charge is 0.263 e. The molecule has 0 aliphatic carbocycles. The topological polar surface area (TPSA) is 57.6 Å². The molecule has 114 valence electrons. The number of ketones is 1. The Kier molecular flexibility index (Phi) is 3.89. The lowest BCUT2D eigenvalue weighted by Crippen LogP contribution is -2.40. The molecule has 2 aromatic rings. The minimum absolute atomic E-state index is 0.309. The molecular formula is C15H11BrClNO3S. The fourth-order valence-electron chi connectivity index (χ4n) is 2.59. The van der Waals surface area contributed by atoms with Gasteiger partial charge in [0.25, 0.3) is 5.91 Å². The van der Waals surface area contributed by atoms with Crippen LogP contribution in [0.1, 0.15) is 21.7 Å². The molecule has 1 aliphatic heterocycles. The van der Waals surface area contributed by atoms with Crippen LogP contribution in [-0.4, -0.2) is 23.8 Å². The second-order valence-electron chi connectivity index (χ2n) is 5.09. The summed E-state index contributed by atoms with van der Waals surface area (Å²) in [7, 11) is 1.58. The quantitative estimate of drug-likeness (QED) is 0.801. The molecule has 3 rings (SSSR count). The molecule has 1 aromatic carbocycles. The number of likely N-dealkylation sites (N-methyl/N-ethyl adjacent to an activating group) is 1. The number of fused-ring (bicyclic) bond motifs is 1. The van der Waals surface area contributed by atoms with Crippen LogP contribution in [-0.2, 0) is 10.4 Å². The molecule has 4 nitrogen and oxygen atoms in total. The number of halogens is 2. The van der Waals surface area contributed by atoms with Crippen LogP contribution >= 0.6 is 38.9 Å². The molecule has 0 saturated carbocycles. The molecule has 2 heterocycles. The van der Waals surface area contributed by atoms with E-state index in [4.69, 9.17) is 11.6 Å². The van der Waals surface area contributed by atoms with E-state index in [1.165, 1.54) is 4.90 Å². The van der Waals surface area contributed by atoms with Crippen LogP contribution in [0.5, 0.6) is 0 Å². The van der Waals surface area contributed by atoms with Crippen LogP contribution in [0, 0.1) is 0 Å². The third-order valence-electron chi connectivity index (χ3n) is 3.69. The van der Waals surface area contributed by atoms with E-state index in [-0.39, 0.29) is 12.2 Å². The van der Waals surface area contributed by atoms with Crippen molar-refractivity contribution in [3.05, 3.63) is 49.6 Å². The first-order chi connectivity index (χ1) is 10.3. The molecule has 0 fully saturated rings. The van der Waals surface area contributed by atoms with Gasteiger partial charge in [-0.2, -0.15) is 0 Å². The van der Waals surface area contributed by atoms with Crippen molar-refractivity contribution in [3.63, 3.8) is 0 Å². The number of hydrogen-bond donors (Lipinski definition) is 1. The SMILES string of the molecule is CN1C(=O)[C@@](O)(CC(=O)c2ccc(Cl)s2)c2cc(Br)ccc21. The average Bonchev–Trinajstić information content (AvgIpc) is 2.98. The van der Waals surface area contributed by atoms with E-state index in [0.29, 0.717) is 20.5 Å². The Morgan fingerprint density at radius 1 is 1.41 bits per heavy atom. The molecule has 0 unspecified atom stereocenters. The minimum Gasteiger partial charge on any atom is -0.375 e. The normalized spacial score (nSPS) is 20.4. The first-order valence-corrected chi connectivity index (χ1v) is 8.41. The summed E-state index contributed by atoms with van der Waals surface area (Å²) in [5.41, 5.74) is -0.806. The lowest BCUT2D eigenvalue weighted by molar-refractivity contribution is -0.135. The molecule has 1 atom stereocenters. The Bertz CT molecular complexity index is 791. The molecule has 1 amide bonds. The van der Waals surface area contributed by atoms with Crippen molar-refractivity contribution in [1.82, 2.24) is 0 Å². The Morgan fingerprint density at radius 2 is 2.14 bits per heavy atom. The van der Waals surface area contributed by atoms with Crippen molar-refractivity contribution in [2.45, 2.75) is 12.0 Å². The van der Waals surface area contributed by atoms with Gasteiger partial charge in [0, 0.05) is 17.1 Å². The molecule has 0 spiro atoms. The van der Waals surface area contributed by atoms with E-state index < -0.39 is 11.5 Å². The van der Waals surface area contributed by atoms with Crippen molar-refractivity contribution in [1.29, 1.82) is 0 Å². The Balaban J connectivity index is 2.00. The van der Waals surface area contributed by atoms with E-state index in [9.17, 15) is 14.7 Å². The highest BCUT2D eigenvalue weighted by atomic mass is 79.9. The summed E-state index contributed by atoms with van der Waals surface area (Å²) >= 11 is 10.3. The maximum Gasteiger partial charge on any atom is 0.263 e. The van der Waals surface area contributed by atoms with Gasteiger partial charge in [-0.05, 0) is 30.3 Å². The third-order valence-corrected chi connectivity index (χ3v) is 5.45. The summed E-state index contributed by atoms with van der Waals surface area (Å²) in [5.74, 6) is -0.814. The lowest BCUT2D eigenvalue weighted by atomic mass is 9.89. The van der Waals surface area contributed by atoms with Crippen LogP contribution in [0.25, 0.3) is 0 Å². The van der Waals surface area contributed by atoms with E-state index in [2.05, 4.69) is 15.9 Å². The predicted molar refractivity (Wildman–Crippen MR) is 89.7 cm³/mol. The highest BCUT2D eigenvalue weighted by Crippen LogP contribution is 2.43. The summed E-state index contributed by atoms with van der Waals surface area (Å²) in [6, 6.07) is 8.42. The van der Waals surface area contributed by atoms with Gasteiger partial charge in [-0.25, -0.2) is 0 Å². The van der Waals surface area contributed by atoms with Gasteiger partial charge in [0.05, 0.1) is 21.3 Å². The van der Waals surface area contributed by atoms with Crippen molar-refractivity contribution < 1.29 is 14.7 Å². The Morgan fingerprint density at radius 3 is 2.77 bits per heavy atom. The number of benzene rings is 1. The van der Waals surface area contributed by atoms with Crippen LogP contribution in [0.2, 0.25) is 4.34 Å². The number of rotatable bonds is 3. The van der Waals surface area contributed by atoms with Crippen molar-refractivity contribution in [2.75, 3.05) is 11.9 Å². The molecule has 1 aliphatic rings. The molecular weight excluding hydrogens is 390 g/mol. The van der Waals surface area contributed by atoms with Gasteiger partial charge in [-0.3, -0.25) is 9.59 Å². The molecule has 0 bridgehead atoms. The number of anilines is 1. The first-order valence-electron chi connectivity index (χ1n) is 6.42. The summed E-state index contributed by atoms with van der Waals surface area (Å²) in [4.78, 5) is 26.6. The molecule has 22 heavy (non-hydrogen) atoms. The zero-order chi connectivity index (χ0) is 16.1. The van der Waals surface area contributed by atoms with E-state index in [1.54, 1.807) is 37.4 Å². The van der Waals surface area contributed by atoms with E-state index >= 15 is 0 Å². The number of aliphatic hydroxyl groups is 1. The van der Waals surface area contributed by atoms with Crippen LogP contribution in [0.3, 0.4) is 0 Å². The fourth-order valence-corrected chi connectivity index (χ4v) is 3.93. The van der Waals surface area contributed by atoms with Crippen LogP contribution in [0.15, 0.2) is 34.8 Å². The number of amides is 1. The van der Waals surface area contributed by atoms with Gasteiger partial charge in [-0.1, -0.05) is 27.5 Å². The number of thiophene rings is 1. The third kappa shape index (κ3) is 2.40. The second-order valence-corrected chi connectivity index (χ2v) is 7.72. The van der Waals surface area contributed by atoms with E-state index in [0.717, 1.165) is 15.8 Å². The van der Waals surface area contributed by atoms with Gasteiger partial charge in [0.2, 0.25) is 0 Å². The molecule has 0 radical (unpaired) electrons. The standard InChI is InChI=1S/C15H11BrClNO3S/c1-18-10-3-2-8(16)6-9(10)15(21,14(18)20)7-11(19)12-4-5-13(17)22-12/h2-6,21H,7H2,1H3/t15-/m1/s1. The Hall–Kier alpha value is -1.21. The summed E-state index contributed by atoms with van der Waals surface area (Å²) in [6.07, 6.45) is -0.309. The monoisotopic (exact) mass is 399 g/mol. The van der Waals surface area contributed by atoms with Crippen molar-refractivity contribution in [2.24, 2.45) is 0 Å². The maximum absolute atomic E-state index is 12.5. The number of carbonyl (C=O) groups is 2. The van der Waals surface area contributed by atoms with Crippen molar-refractivity contribution >= 4 is 56.2 Å². The Labute approximate surface area is 144 Å². The van der Waals surface area contributed by atoms with Gasteiger partial charge < -0.3 is 10.0 Å². The van der Waals surface area contributed by atoms with Crippen LogP contribution < -0.4 is 4.90 Å². The summed E-state index contributed by atoms with van der Waals surface area (Å²) < 4.78 is 1.23. The maximum atomic E-state index is 12.5. The average molecular weight is 401 g/mol. The number of carbonyl (C=O) groups excluding carboxylic acids is 2. The fraction of sp³-hybridized carbons (Fsp3) is 0.200. The van der Waals surface area contributed by atoms with Gasteiger partial charge >= 0.3 is 0 Å². The van der Waals surface area contributed by atoms with Crippen molar-refractivity contribution in [3.8, 4) is 0 Å². The van der Waals surface area contributed by atoms with Gasteiger partial charge in [0.15, 0.2) is 11.4 Å². The predicted octanol–water partition coefficient (Wildman–Crippen LogP) is 3.60. The molecule has 7 heteroatoms. The number of nitrogens with zero attached hydrogens (tertiary/aromatic N) is 1. The molecule has 1 N–H and O–H groups in total. The lowest BCUT2D eigenvalue weighted by Gasteiger charge is -2.20. The zero-order valence-corrected chi connectivity index (χ0v) is 14.6. The number of hydrogen-bond acceptors (Lipinski definition) is 4. The summed E-state index contributed by atoms with van der Waals surface area (Å²) in [5, 5.41) is 10.9. The van der Waals surface area contributed by atoms with Gasteiger partial charge in [0.1, 0.15) is 0 Å². The minimum atomic E-state index is -1.85. The molecule has 1 aromatic heterocycles.